The molecule has 1 aromatic rings. The van der Waals surface area contributed by atoms with Crippen molar-refractivity contribution >= 4 is 0 Å². The second-order valence-corrected chi connectivity index (χ2v) is 4.34. The van der Waals surface area contributed by atoms with Crippen LogP contribution in [0.15, 0.2) is 18.3 Å². The summed E-state index contributed by atoms with van der Waals surface area (Å²) in [6.45, 7) is 5.20. The van der Waals surface area contributed by atoms with Crippen molar-refractivity contribution in [3.05, 3.63) is 23.9 Å². The monoisotopic (exact) mass is 191 g/mol. The van der Waals surface area contributed by atoms with Crippen molar-refractivity contribution in [2.45, 2.75) is 32.6 Å². The number of pyridine rings is 1. The summed E-state index contributed by atoms with van der Waals surface area (Å²) < 4.78 is 5.61. The molecule has 1 aliphatic carbocycles. The van der Waals surface area contributed by atoms with Crippen molar-refractivity contribution in [3.63, 3.8) is 0 Å². The van der Waals surface area contributed by atoms with Crippen molar-refractivity contribution in [2.75, 3.05) is 6.61 Å². The first-order chi connectivity index (χ1) is 6.75. The second kappa shape index (κ2) is 3.99. The minimum atomic E-state index is 0.543. The summed E-state index contributed by atoms with van der Waals surface area (Å²) in [4.78, 5) is 4.20. The first kappa shape index (κ1) is 9.50. The molecule has 1 fully saturated rings. The van der Waals surface area contributed by atoms with Gasteiger partial charge in [-0.15, -0.1) is 0 Å². The quantitative estimate of drug-likeness (QED) is 0.730. The minimum absolute atomic E-state index is 0.543. The van der Waals surface area contributed by atoms with Gasteiger partial charge in [-0.1, -0.05) is 13.8 Å². The molecule has 0 aromatic carbocycles. The Morgan fingerprint density at radius 3 is 2.93 bits per heavy atom. The maximum absolute atomic E-state index is 5.61. The van der Waals surface area contributed by atoms with E-state index in [1.807, 2.05) is 12.3 Å². The summed E-state index contributed by atoms with van der Waals surface area (Å²) in [7, 11) is 0. The fraction of sp³-hybridized carbons (Fsp3) is 0.583. The van der Waals surface area contributed by atoms with Crippen molar-refractivity contribution < 1.29 is 4.74 Å². The lowest BCUT2D eigenvalue weighted by atomic mass is 10.1. The predicted octanol–water partition coefficient (Wildman–Crippen LogP) is 2.99. The largest absolute Gasteiger partial charge is 0.477 e. The lowest BCUT2D eigenvalue weighted by molar-refractivity contribution is 0.288. The lowest BCUT2D eigenvalue weighted by Crippen LogP contribution is -2.01. The molecule has 2 nitrogen and oxygen atoms in total. The molecule has 2 heteroatoms. The Hall–Kier alpha value is -1.05. The second-order valence-electron chi connectivity index (χ2n) is 4.34. The van der Waals surface area contributed by atoms with Gasteiger partial charge in [-0.25, -0.2) is 4.98 Å². The highest BCUT2D eigenvalue weighted by molar-refractivity contribution is 5.23. The van der Waals surface area contributed by atoms with E-state index in [2.05, 4.69) is 24.9 Å². The Morgan fingerprint density at radius 1 is 1.50 bits per heavy atom. The number of aromatic nitrogens is 1. The van der Waals surface area contributed by atoms with Gasteiger partial charge in [-0.05, 0) is 36.3 Å². The van der Waals surface area contributed by atoms with Crippen molar-refractivity contribution in [2.24, 2.45) is 5.92 Å². The molecule has 2 rings (SSSR count). The van der Waals surface area contributed by atoms with Gasteiger partial charge in [0.2, 0.25) is 5.88 Å². The van der Waals surface area contributed by atoms with Gasteiger partial charge in [-0.2, -0.15) is 0 Å². The van der Waals surface area contributed by atoms with Gasteiger partial charge in [0, 0.05) is 12.3 Å². The van der Waals surface area contributed by atoms with E-state index < -0.39 is 0 Å². The fourth-order valence-electron chi connectivity index (χ4n) is 1.35. The van der Waals surface area contributed by atoms with E-state index in [1.165, 1.54) is 18.4 Å². The Labute approximate surface area is 85.3 Å². The number of hydrogen-bond donors (Lipinski definition) is 0. The molecule has 14 heavy (non-hydrogen) atoms. The van der Waals surface area contributed by atoms with Gasteiger partial charge in [0.05, 0.1) is 6.61 Å². The molecule has 0 bridgehead atoms. The van der Waals surface area contributed by atoms with Crippen molar-refractivity contribution in [1.82, 2.24) is 4.98 Å². The zero-order chi connectivity index (χ0) is 9.97. The van der Waals surface area contributed by atoms with E-state index in [9.17, 15) is 0 Å². The average molecular weight is 191 g/mol. The Morgan fingerprint density at radius 2 is 2.29 bits per heavy atom. The molecule has 0 unspecified atom stereocenters. The van der Waals surface area contributed by atoms with Gasteiger partial charge in [-0.3, -0.25) is 0 Å². The molecule has 0 aliphatic heterocycles. The minimum Gasteiger partial charge on any atom is -0.477 e. The number of ether oxygens (including phenoxy) is 1. The number of nitrogens with zero attached hydrogens (tertiary/aromatic N) is 1. The van der Waals surface area contributed by atoms with Crippen molar-refractivity contribution in [3.8, 4) is 5.88 Å². The van der Waals surface area contributed by atoms with Crippen LogP contribution in [0, 0.1) is 5.92 Å². The van der Waals surface area contributed by atoms with Crippen LogP contribution < -0.4 is 4.74 Å². The maximum Gasteiger partial charge on any atom is 0.213 e. The van der Waals surface area contributed by atoms with Crippen LogP contribution in [-0.2, 0) is 0 Å². The third-order valence-electron chi connectivity index (χ3n) is 2.59. The molecule has 1 aromatic heterocycles. The van der Waals surface area contributed by atoms with Crippen LogP contribution in [0.25, 0.3) is 0 Å². The van der Waals surface area contributed by atoms with Gasteiger partial charge in [0.1, 0.15) is 0 Å². The standard InChI is InChI=1S/C12H17NO/c1-9(2)11-5-6-13-12(7-11)14-8-10-3-4-10/h5-7,9-10H,3-4,8H2,1-2H3. The molecular weight excluding hydrogens is 174 g/mol. The molecule has 1 heterocycles. The SMILES string of the molecule is CC(C)c1ccnc(OCC2CC2)c1. The molecule has 1 aliphatic rings. The van der Waals surface area contributed by atoms with E-state index in [1.54, 1.807) is 0 Å². The van der Waals surface area contributed by atoms with E-state index in [0.29, 0.717) is 5.92 Å². The van der Waals surface area contributed by atoms with Crippen LogP contribution in [0.5, 0.6) is 5.88 Å². The molecular formula is C12H17NO. The van der Waals surface area contributed by atoms with E-state index >= 15 is 0 Å². The van der Waals surface area contributed by atoms with Gasteiger partial charge < -0.3 is 4.74 Å². The molecule has 0 amide bonds. The third kappa shape index (κ3) is 2.47. The summed E-state index contributed by atoms with van der Waals surface area (Å²) in [6.07, 6.45) is 4.48. The van der Waals surface area contributed by atoms with Crippen LogP contribution in [0.1, 0.15) is 38.2 Å². The molecule has 0 atom stereocenters. The van der Waals surface area contributed by atoms with Crippen LogP contribution >= 0.6 is 0 Å². The van der Waals surface area contributed by atoms with E-state index in [0.717, 1.165) is 18.4 Å². The fourth-order valence-corrected chi connectivity index (χ4v) is 1.35. The van der Waals surface area contributed by atoms with Crippen molar-refractivity contribution in [1.29, 1.82) is 0 Å². The lowest BCUT2D eigenvalue weighted by Gasteiger charge is -2.08. The summed E-state index contributed by atoms with van der Waals surface area (Å²) in [5.74, 6) is 2.11. The first-order valence-electron chi connectivity index (χ1n) is 5.34. The van der Waals surface area contributed by atoms with Gasteiger partial charge in [0.25, 0.3) is 0 Å². The summed E-state index contributed by atoms with van der Waals surface area (Å²) >= 11 is 0. The van der Waals surface area contributed by atoms with E-state index in [-0.39, 0.29) is 0 Å². The Kier molecular flexibility index (Phi) is 2.71. The van der Waals surface area contributed by atoms with Crippen LogP contribution in [0.4, 0.5) is 0 Å². The summed E-state index contributed by atoms with van der Waals surface area (Å²) in [6, 6.07) is 4.10. The maximum atomic E-state index is 5.61. The molecule has 1 saturated carbocycles. The van der Waals surface area contributed by atoms with Gasteiger partial charge >= 0.3 is 0 Å². The topological polar surface area (TPSA) is 22.1 Å². The van der Waals surface area contributed by atoms with Crippen LogP contribution in [0.3, 0.4) is 0 Å². The summed E-state index contributed by atoms with van der Waals surface area (Å²) in [5.41, 5.74) is 1.30. The highest BCUT2D eigenvalue weighted by Crippen LogP contribution is 2.29. The smallest absolute Gasteiger partial charge is 0.213 e. The van der Waals surface area contributed by atoms with Gasteiger partial charge in [0.15, 0.2) is 0 Å². The Balaban J connectivity index is 1.97. The van der Waals surface area contributed by atoms with E-state index in [4.69, 9.17) is 4.74 Å². The predicted molar refractivity (Wildman–Crippen MR) is 56.5 cm³/mol. The highest BCUT2D eigenvalue weighted by atomic mass is 16.5. The highest BCUT2D eigenvalue weighted by Gasteiger charge is 2.22. The zero-order valence-electron chi connectivity index (χ0n) is 8.86. The Bertz CT molecular complexity index is 305. The summed E-state index contributed by atoms with van der Waals surface area (Å²) in [5, 5.41) is 0. The number of rotatable bonds is 4. The average Bonchev–Trinajstić information content (AvgIpc) is 2.99. The molecule has 0 saturated heterocycles. The molecule has 76 valence electrons. The molecule has 0 radical (unpaired) electrons. The first-order valence-corrected chi connectivity index (χ1v) is 5.34. The molecule has 0 N–H and O–H groups in total. The third-order valence-corrected chi connectivity index (χ3v) is 2.59. The normalized spacial score (nSPS) is 15.9. The van der Waals surface area contributed by atoms with Crippen LogP contribution in [-0.4, -0.2) is 11.6 Å². The zero-order valence-corrected chi connectivity index (χ0v) is 8.86. The number of hydrogen-bond acceptors (Lipinski definition) is 2. The molecule has 0 spiro atoms. The van der Waals surface area contributed by atoms with Crippen LogP contribution in [0.2, 0.25) is 0 Å².